The minimum absolute atomic E-state index is 0.200. The zero-order valence-electron chi connectivity index (χ0n) is 11.0. The molecule has 2 bridgehead atoms. The van der Waals surface area contributed by atoms with E-state index in [4.69, 9.17) is 10.2 Å². The van der Waals surface area contributed by atoms with Crippen LogP contribution >= 0.6 is 0 Å². The van der Waals surface area contributed by atoms with Gasteiger partial charge in [0.15, 0.2) is 0 Å². The van der Waals surface area contributed by atoms with E-state index >= 15 is 0 Å². The summed E-state index contributed by atoms with van der Waals surface area (Å²) >= 11 is 0. The largest absolute Gasteiger partial charge is 0.256 e. The van der Waals surface area contributed by atoms with Gasteiger partial charge >= 0.3 is 0 Å². The molecule has 0 N–H and O–H groups in total. The van der Waals surface area contributed by atoms with Crippen LogP contribution in [-0.4, -0.2) is 4.98 Å². The SMILES string of the molecule is Cc1nc2c(cc1C#N)[C@H]1CC[C@]2(C)C1(C)C. The average molecular weight is 226 g/mol. The fourth-order valence-electron chi connectivity index (χ4n) is 3.91. The molecule has 1 aromatic heterocycles. The third kappa shape index (κ3) is 1.03. The van der Waals surface area contributed by atoms with Gasteiger partial charge < -0.3 is 0 Å². The third-order valence-corrected chi connectivity index (χ3v) is 5.49. The van der Waals surface area contributed by atoms with Gasteiger partial charge in [0, 0.05) is 5.41 Å². The highest BCUT2D eigenvalue weighted by atomic mass is 14.8. The number of nitrogens with zero attached hydrogens (tertiary/aromatic N) is 2. The van der Waals surface area contributed by atoms with Crippen LogP contribution in [0.25, 0.3) is 0 Å². The van der Waals surface area contributed by atoms with Crippen LogP contribution in [-0.2, 0) is 5.41 Å². The summed E-state index contributed by atoms with van der Waals surface area (Å²) in [4.78, 5) is 4.75. The average Bonchev–Trinajstić information content (AvgIpc) is 2.59. The van der Waals surface area contributed by atoms with Crippen molar-refractivity contribution in [2.45, 2.75) is 51.9 Å². The summed E-state index contributed by atoms with van der Waals surface area (Å²) in [5, 5.41) is 9.12. The van der Waals surface area contributed by atoms with E-state index in [1.165, 1.54) is 24.1 Å². The highest BCUT2D eigenvalue weighted by Crippen LogP contribution is 2.67. The molecule has 2 atom stereocenters. The lowest BCUT2D eigenvalue weighted by molar-refractivity contribution is 0.227. The van der Waals surface area contributed by atoms with Crippen LogP contribution in [0, 0.1) is 23.7 Å². The maximum Gasteiger partial charge on any atom is 0.101 e. The zero-order chi connectivity index (χ0) is 12.4. The number of pyridine rings is 1. The molecule has 0 unspecified atom stereocenters. The number of aryl methyl sites for hydroxylation is 1. The van der Waals surface area contributed by atoms with Gasteiger partial charge in [-0.25, -0.2) is 0 Å². The van der Waals surface area contributed by atoms with Crippen LogP contribution in [0.1, 0.15) is 62.0 Å². The molecule has 3 rings (SSSR count). The van der Waals surface area contributed by atoms with Crippen molar-refractivity contribution in [1.82, 2.24) is 4.98 Å². The van der Waals surface area contributed by atoms with Gasteiger partial charge in [-0.05, 0) is 42.7 Å². The second kappa shape index (κ2) is 2.90. The van der Waals surface area contributed by atoms with Crippen LogP contribution in [0.15, 0.2) is 6.07 Å². The van der Waals surface area contributed by atoms with Crippen LogP contribution in [0.2, 0.25) is 0 Å². The van der Waals surface area contributed by atoms with E-state index in [9.17, 15) is 0 Å². The Morgan fingerprint density at radius 3 is 2.76 bits per heavy atom. The summed E-state index contributed by atoms with van der Waals surface area (Å²) in [6, 6.07) is 4.35. The van der Waals surface area contributed by atoms with E-state index in [0.717, 1.165) is 11.3 Å². The van der Waals surface area contributed by atoms with E-state index in [0.29, 0.717) is 5.92 Å². The quantitative estimate of drug-likeness (QED) is 0.679. The Kier molecular flexibility index (Phi) is 1.84. The first-order chi connectivity index (χ1) is 7.91. The lowest BCUT2D eigenvalue weighted by atomic mass is 9.70. The smallest absolute Gasteiger partial charge is 0.101 e. The number of hydrogen-bond acceptors (Lipinski definition) is 2. The predicted molar refractivity (Wildman–Crippen MR) is 66.8 cm³/mol. The molecule has 0 aromatic carbocycles. The van der Waals surface area contributed by atoms with Gasteiger partial charge in [-0.2, -0.15) is 5.26 Å². The maximum absolute atomic E-state index is 9.12. The van der Waals surface area contributed by atoms with Crippen molar-refractivity contribution in [1.29, 1.82) is 5.26 Å². The van der Waals surface area contributed by atoms with Gasteiger partial charge in [-0.15, -0.1) is 0 Å². The Morgan fingerprint density at radius 1 is 1.41 bits per heavy atom. The first kappa shape index (κ1) is 10.8. The number of rotatable bonds is 0. The highest BCUT2D eigenvalue weighted by Gasteiger charge is 2.60. The Morgan fingerprint density at radius 2 is 2.12 bits per heavy atom. The molecule has 0 saturated heterocycles. The molecule has 0 radical (unpaired) electrons. The monoisotopic (exact) mass is 226 g/mol. The van der Waals surface area contributed by atoms with E-state index in [1.54, 1.807) is 0 Å². The Bertz CT molecular complexity index is 551. The summed E-state index contributed by atoms with van der Waals surface area (Å²) in [5.74, 6) is 0.586. The van der Waals surface area contributed by atoms with Crippen LogP contribution in [0.5, 0.6) is 0 Å². The summed E-state index contributed by atoms with van der Waals surface area (Å²) in [7, 11) is 0. The fraction of sp³-hybridized carbons (Fsp3) is 0.600. The van der Waals surface area contributed by atoms with Gasteiger partial charge in [0.2, 0.25) is 0 Å². The van der Waals surface area contributed by atoms with Crippen molar-refractivity contribution in [3.05, 3.63) is 28.6 Å². The van der Waals surface area contributed by atoms with Crippen molar-refractivity contribution in [2.75, 3.05) is 0 Å². The second-order valence-corrected chi connectivity index (χ2v) is 6.32. The standard InChI is InChI=1S/C15H18N2/c1-9-10(8-16)7-11-12-5-6-15(4,13(11)17-9)14(12,2)3/h7,12H,5-6H2,1-4H3/t12-,15+/m1/s1. The molecule has 2 aliphatic rings. The molecule has 2 heteroatoms. The Labute approximate surface area is 103 Å². The number of fused-ring (bicyclic) bond motifs is 5. The highest BCUT2D eigenvalue weighted by molar-refractivity contribution is 5.50. The van der Waals surface area contributed by atoms with Gasteiger partial charge in [0.25, 0.3) is 0 Å². The van der Waals surface area contributed by atoms with Gasteiger partial charge in [-0.3, -0.25) is 4.98 Å². The molecule has 1 fully saturated rings. The Hall–Kier alpha value is -1.36. The van der Waals surface area contributed by atoms with Crippen LogP contribution in [0.4, 0.5) is 0 Å². The van der Waals surface area contributed by atoms with Crippen LogP contribution in [0.3, 0.4) is 0 Å². The fourth-order valence-corrected chi connectivity index (χ4v) is 3.91. The summed E-state index contributed by atoms with van der Waals surface area (Å²) in [6.07, 6.45) is 2.47. The van der Waals surface area contributed by atoms with Gasteiger partial charge in [0.1, 0.15) is 6.07 Å². The van der Waals surface area contributed by atoms with Crippen LogP contribution < -0.4 is 0 Å². The van der Waals surface area contributed by atoms with Gasteiger partial charge in [0.05, 0.1) is 17.0 Å². The minimum atomic E-state index is 0.200. The van der Waals surface area contributed by atoms with Gasteiger partial charge in [-0.1, -0.05) is 20.8 Å². The molecule has 17 heavy (non-hydrogen) atoms. The lowest BCUT2D eigenvalue weighted by Gasteiger charge is -2.34. The summed E-state index contributed by atoms with van der Waals surface area (Å²) < 4.78 is 0. The van der Waals surface area contributed by atoms with Crippen molar-refractivity contribution in [3.8, 4) is 6.07 Å². The van der Waals surface area contributed by atoms with Crippen molar-refractivity contribution < 1.29 is 0 Å². The number of hydrogen-bond donors (Lipinski definition) is 0. The predicted octanol–water partition coefficient (Wildman–Crippen LogP) is 3.44. The second-order valence-electron chi connectivity index (χ2n) is 6.32. The van der Waals surface area contributed by atoms with E-state index in [2.05, 4.69) is 32.9 Å². The molecule has 1 heterocycles. The molecular formula is C15H18N2. The van der Waals surface area contributed by atoms with Crippen molar-refractivity contribution in [3.63, 3.8) is 0 Å². The topological polar surface area (TPSA) is 36.7 Å². The first-order valence-corrected chi connectivity index (χ1v) is 6.34. The molecule has 0 spiro atoms. The molecule has 0 aliphatic heterocycles. The van der Waals surface area contributed by atoms with E-state index < -0.39 is 0 Å². The molecule has 2 aliphatic carbocycles. The van der Waals surface area contributed by atoms with Crippen molar-refractivity contribution >= 4 is 0 Å². The molecule has 88 valence electrons. The molecule has 2 nitrogen and oxygen atoms in total. The van der Waals surface area contributed by atoms with Crippen molar-refractivity contribution in [2.24, 2.45) is 5.41 Å². The molecule has 1 aromatic rings. The first-order valence-electron chi connectivity index (χ1n) is 6.34. The lowest BCUT2D eigenvalue weighted by Crippen LogP contribution is -2.32. The molecular weight excluding hydrogens is 208 g/mol. The number of nitriles is 1. The van der Waals surface area contributed by atoms with E-state index in [1.807, 2.05) is 6.92 Å². The van der Waals surface area contributed by atoms with E-state index in [-0.39, 0.29) is 10.8 Å². The zero-order valence-corrected chi connectivity index (χ0v) is 11.0. The summed E-state index contributed by atoms with van der Waals surface area (Å²) in [5.41, 5.74) is 4.71. The molecule has 1 saturated carbocycles. The third-order valence-electron chi connectivity index (χ3n) is 5.49. The maximum atomic E-state index is 9.12. The normalized spacial score (nSPS) is 32.3. The number of aromatic nitrogens is 1. The Balaban J connectivity index is 2.30. The summed E-state index contributed by atoms with van der Waals surface area (Å²) in [6.45, 7) is 9.00. The minimum Gasteiger partial charge on any atom is -0.256 e. The molecule has 0 amide bonds.